The lowest BCUT2D eigenvalue weighted by molar-refractivity contribution is -0.389. The molecule has 1 rings (SSSR count). The molecule has 1 aromatic heterocycles. The first-order chi connectivity index (χ1) is 9.04. The summed E-state index contributed by atoms with van der Waals surface area (Å²) in [4.78, 5) is 22.6. The largest absolute Gasteiger partial charge is 0.573 e. The molecule has 0 aliphatic rings. The molecule has 0 atom stereocenters. The zero-order chi connectivity index (χ0) is 15.7. The summed E-state index contributed by atoms with van der Waals surface area (Å²) < 4.78 is 64.5. The Morgan fingerprint density at radius 3 is 2.35 bits per heavy atom. The van der Waals surface area contributed by atoms with Crippen molar-refractivity contribution in [2.24, 2.45) is 0 Å². The van der Waals surface area contributed by atoms with Crippen LogP contribution < -0.4 is 4.74 Å². The third kappa shape index (κ3) is 3.27. The minimum Gasteiger partial charge on any atom is -0.477 e. The van der Waals surface area contributed by atoms with Gasteiger partial charge in [0.2, 0.25) is 5.75 Å². The van der Waals surface area contributed by atoms with Gasteiger partial charge in [0.05, 0.1) is 4.92 Å². The molecule has 12 heteroatoms. The molecule has 1 aromatic rings. The Labute approximate surface area is 105 Å². The van der Waals surface area contributed by atoms with Crippen LogP contribution in [0, 0.1) is 10.1 Å². The molecule has 1 N–H and O–H groups in total. The van der Waals surface area contributed by atoms with E-state index in [1.807, 2.05) is 0 Å². The Bertz CT molecular complexity index is 559. The monoisotopic (exact) mass is 302 g/mol. The molecule has 0 fully saturated rings. The van der Waals surface area contributed by atoms with Gasteiger partial charge in [-0.25, -0.2) is 18.6 Å². The van der Waals surface area contributed by atoms with Gasteiger partial charge in [-0.15, -0.1) is 13.2 Å². The fourth-order valence-electron chi connectivity index (χ4n) is 1.22. The number of aromatic nitrogens is 1. The third-order valence-electron chi connectivity index (χ3n) is 1.88. The Balaban J connectivity index is 3.65. The van der Waals surface area contributed by atoms with E-state index in [0.29, 0.717) is 0 Å². The molecule has 0 amide bonds. The maximum absolute atomic E-state index is 12.5. The number of carboxylic acid groups (broad SMARTS) is 1. The summed E-state index contributed by atoms with van der Waals surface area (Å²) in [5.74, 6) is -4.11. The molecule has 0 saturated heterocycles. The molecule has 0 bridgehead atoms. The highest BCUT2D eigenvalue weighted by Gasteiger charge is 2.40. The SMILES string of the molecule is O=C(O)c1c(C(F)F)ncc([N+](=O)[O-])c1OC(F)(F)F. The van der Waals surface area contributed by atoms with Gasteiger partial charge in [-0.3, -0.25) is 10.1 Å². The van der Waals surface area contributed by atoms with Crippen molar-refractivity contribution in [1.82, 2.24) is 4.98 Å². The third-order valence-corrected chi connectivity index (χ3v) is 1.88. The average molecular weight is 302 g/mol. The van der Waals surface area contributed by atoms with Crippen molar-refractivity contribution in [1.29, 1.82) is 0 Å². The maximum Gasteiger partial charge on any atom is 0.573 e. The highest BCUT2D eigenvalue weighted by Crippen LogP contribution is 2.38. The summed E-state index contributed by atoms with van der Waals surface area (Å²) in [5, 5.41) is 19.2. The number of alkyl halides is 5. The summed E-state index contributed by atoms with van der Waals surface area (Å²) in [5.41, 5.74) is -4.78. The molecule has 7 nitrogen and oxygen atoms in total. The molecule has 0 unspecified atom stereocenters. The van der Waals surface area contributed by atoms with Crippen LogP contribution in [-0.4, -0.2) is 27.3 Å². The number of hydrogen-bond acceptors (Lipinski definition) is 5. The molecule has 0 radical (unpaired) electrons. The van der Waals surface area contributed by atoms with Gasteiger partial charge in [-0.2, -0.15) is 0 Å². The minimum absolute atomic E-state index is 0.0645. The topological polar surface area (TPSA) is 103 Å². The molecule has 0 saturated carbocycles. The van der Waals surface area contributed by atoms with Crippen molar-refractivity contribution in [3.8, 4) is 5.75 Å². The molecule has 0 aliphatic carbocycles. The van der Waals surface area contributed by atoms with Gasteiger partial charge in [0.1, 0.15) is 17.5 Å². The molecular weight excluding hydrogens is 299 g/mol. The van der Waals surface area contributed by atoms with E-state index in [1.54, 1.807) is 0 Å². The Morgan fingerprint density at radius 2 is 2.00 bits per heavy atom. The zero-order valence-corrected chi connectivity index (χ0v) is 9.02. The van der Waals surface area contributed by atoms with Crippen LogP contribution in [0.2, 0.25) is 0 Å². The highest BCUT2D eigenvalue weighted by atomic mass is 19.4. The number of nitrogens with zero attached hydrogens (tertiary/aromatic N) is 2. The molecule has 110 valence electrons. The van der Waals surface area contributed by atoms with Gasteiger partial charge >= 0.3 is 18.0 Å². The predicted molar refractivity (Wildman–Crippen MR) is 49.5 cm³/mol. The van der Waals surface area contributed by atoms with E-state index in [1.165, 1.54) is 0 Å². The van der Waals surface area contributed by atoms with Crippen LogP contribution in [0.4, 0.5) is 27.6 Å². The van der Waals surface area contributed by atoms with Crippen LogP contribution in [0.3, 0.4) is 0 Å². The van der Waals surface area contributed by atoms with Crippen LogP contribution in [0.25, 0.3) is 0 Å². The van der Waals surface area contributed by atoms with E-state index >= 15 is 0 Å². The van der Waals surface area contributed by atoms with Gasteiger partial charge in [0.15, 0.2) is 0 Å². The molecule has 0 spiro atoms. The van der Waals surface area contributed by atoms with Crippen LogP contribution >= 0.6 is 0 Å². The number of ether oxygens (including phenoxy) is 1. The van der Waals surface area contributed by atoms with Gasteiger partial charge in [0, 0.05) is 0 Å². The first-order valence-electron chi connectivity index (χ1n) is 4.49. The fraction of sp³-hybridized carbons (Fsp3) is 0.250. The number of rotatable bonds is 4. The summed E-state index contributed by atoms with van der Waals surface area (Å²) in [7, 11) is 0. The summed E-state index contributed by atoms with van der Waals surface area (Å²) in [6.07, 6.45) is -9.00. The molecule has 0 aromatic carbocycles. The lowest BCUT2D eigenvalue weighted by Crippen LogP contribution is -2.21. The first-order valence-corrected chi connectivity index (χ1v) is 4.49. The van der Waals surface area contributed by atoms with Gasteiger partial charge in [0.25, 0.3) is 6.43 Å². The summed E-state index contributed by atoms with van der Waals surface area (Å²) in [6.45, 7) is 0. The summed E-state index contributed by atoms with van der Waals surface area (Å²) in [6, 6.07) is 0. The number of nitro groups is 1. The van der Waals surface area contributed by atoms with E-state index in [9.17, 15) is 36.9 Å². The number of carboxylic acids is 1. The van der Waals surface area contributed by atoms with Crippen molar-refractivity contribution < 1.29 is 41.5 Å². The van der Waals surface area contributed by atoms with Crippen molar-refractivity contribution in [2.45, 2.75) is 12.8 Å². The predicted octanol–water partition coefficient (Wildman–Crippen LogP) is 2.52. The molecule has 1 heterocycles. The average Bonchev–Trinajstić information content (AvgIpc) is 2.24. The Kier molecular flexibility index (Phi) is 4.06. The van der Waals surface area contributed by atoms with E-state index in [2.05, 4.69) is 9.72 Å². The molecule has 20 heavy (non-hydrogen) atoms. The Morgan fingerprint density at radius 1 is 1.45 bits per heavy atom. The number of carbonyl (C=O) groups is 1. The van der Waals surface area contributed by atoms with Gasteiger partial charge in [-0.1, -0.05) is 0 Å². The number of pyridine rings is 1. The van der Waals surface area contributed by atoms with E-state index in [-0.39, 0.29) is 6.20 Å². The van der Waals surface area contributed by atoms with E-state index < -0.39 is 46.4 Å². The standard InChI is InChI=1S/C8H3F5N2O5/c9-6(10)4-3(7(16)17)5(20-8(11,12)13)2(1-14-4)15(18)19/h1,6H,(H,16,17). The van der Waals surface area contributed by atoms with Crippen molar-refractivity contribution in [3.63, 3.8) is 0 Å². The lowest BCUT2D eigenvalue weighted by Gasteiger charge is -2.13. The number of hydrogen-bond donors (Lipinski definition) is 1. The quantitative estimate of drug-likeness (QED) is 0.521. The van der Waals surface area contributed by atoms with Crippen LogP contribution in [-0.2, 0) is 0 Å². The second kappa shape index (κ2) is 5.22. The lowest BCUT2D eigenvalue weighted by atomic mass is 10.1. The van der Waals surface area contributed by atoms with Crippen molar-refractivity contribution in [2.75, 3.05) is 0 Å². The first kappa shape index (κ1) is 15.5. The zero-order valence-electron chi connectivity index (χ0n) is 9.02. The highest BCUT2D eigenvalue weighted by molar-refractivity contribution is 5.93. The second-order valence-corrected chi connectivity index (χ2v) is 3.14. The normalized spacial score (nSPS) is 11.5. The van der Waals surface area contributed by atoms with Gasteiger partial charge < -0.3 is 9.84 Å². The molecular formula is C8H3F5N2O5. The van der Waals surface area contributed by atoms with Gasteiger partial charge in [-0.05, 0) is 0 Å². The fourth-order valence-corrected chi connectivity index (χ4v) is 1.22. The van der Waals surface area contributed by atoms with E-state index in [4.69, 9.17) is 5.11 Å². The Hall–Kier alpha value is -2.53. The maximum atomic E-state index is 12.5. The van der Waals surface area contributed by atoms with Crippen LogP contribution in [0.15, 0.2) is 6.20 Å². The number of aromatic carboxylic acids is 1. The van der Waals surface area contributed by atoms with Crippen molar-refractivity contribution in [3.05, 3.63) is 27.6 Å². The molecule has 0 aliphatic heterocycles. The van der Waals surface area contributed by atoms with Crippen molar-refractivity contribution >= 4 is 11.7 Å². The second-order valence-electron chi connectivity index (χ2n) is 3.14. The summed E-state index contributed by atoms with van der Waals surface area (Å²) >= 11 is 0. The minimum atomic E-state index is -5.50. The van der Waals surface area contributed by atoms with Crippen LogP contribution in [0.5, 0.6) is 5.75 Å². The van der Waals surface area contributed by atoms with Crippen LogP contribution in [0.1, 0.15) is 22.5 Å². The van der Waals surface area contributed by atoms with E-state index in [0.717, 1.165) is 0 Å². The smallest absolute Gasteiger partial charge is 0.477 e. The number of halogens is 5.